The number of benzene rings is 2. The maximum Gasteiger partial charge on any atom is 0.265 e. The molecule has 2 N–H and O–H groups in total. The lowest BCUT2D eigenvalue weighted by Gasteiger charge is -2.14. The molecule has 2 aromatic carbocycles. The number of hydrogen-bond acceptors (Lipinski definition) is 8. The van der Waals surface area contributed by atoms with Gasteiger partial charge in [0.1, 0.15) is 22.2 Å². The van der Waals surface area contributed by atoms with Crippen LogP contribution in [0, 0.1) is 13.8 Å². The van der Waals surface area contributed by atoms with Crippen molar-refractivity contribution >= 4 is 22.8 Å². The Balaban J connectivity index is 1.61. The number of imide groups is 1. The predicted octanol–water partition coefficient (Wildman–Crippen LogP) is 2.18. The van der Waals surface area contributed by atoms with Crippen LogP contribution >= 0.6 is 0 Å². The van der Waals surface area contributed by atoms with E-state index in [4.69, 9.17) is 9.47 Å². The van der Waals surface area contributed by atoms with Crippen molar-refractivity contribution in [2.45, 2.75) is 20.4 Å². The number of aryl methyl sites for hydroxylation is 2. The summed E-state index contributed by atoms with van der Waals surface area (Å²) in [5.41, 5.74) is 1.15. The monoisotopic (exact) mass is 393 g/mol. The van der Waals surface area contributed by atoms with E-state index < -0.39 is 23.3 Å². The molecular weight excluding hydrogens is 378 g/mol. The second-order valence-electron chi connectivity index (χ2n) is 6.92. The van der Waals surface area contributed by atoms with Gasteiger partial charge >= 0.3 is 0 Å². The molecule has 0 bridgehead atoms. The van der Waals surface area contributed by atoms with Crippen molar-refractivity contribution in [2.24, 2.45) is 0 Å². The fraction of sp³-hybridized carbons (Fsp3) is 0.200. The molecule has 1 aromatic heterocycles. The first-order valence-electron chi connectivity index (χ1n) is 8.84. The van der Waals surface area contributed by atoms with E-state index in [2.05, 4.69) is 9.97 Å². The molecule has 29 heavy (non-hydrogen) atoms. The van der Waals surface area contributed by atoms with Crippen molar-refractivity contribution in [3.8, 4) is 23.0 Å². The van der Waals surface area contributed by atoms with Crippen LogP contribution in [0.5, 0.6) is 23.0 Å². The third-order valence-corrected chi connectivity index (χ3v) is 5.17. The second kappa shape index (κ2) is 5.81. The van der Waals surface area contributed by atoms with Gasteiger partial charge in [-0.05, 0) is 31.5 Å². The summed E-state index contributed by atoms with van der Waals surface area (Å²) in [7, 11) is 0. The molecule has 9 nitrogen and oxygen atoms in total. The number of hydrogen-bond donors (Lipinski definition) is 2. The van der Waals surface area contributed by atoms with E-state index in [0.29, 0.717) is 28.5 Å². The van der Waals surface area contributed by atoms with Crippen LogP contribution < -0.4 is 9.47 Å². The summed E-state index contributed by atoms with van der Waals surface area (Å²) >= 11 is 0. The minimum absolute atomic E-state index is 0.0181. The van der Waals surface area contributed by atoms with E-state index in [1.54, 1.807) is 32.0 Å². The molecule has 0 atom stereocenters. The van der Waals surface area contributed by atoms with Gasteiger partial charge in [0.05, 0.1) is 17.9 Å². The summed E-state index contributed by atoms with van der Waals surface area (Å²) in [6.07, 6.45) is 0. The maximum atomic E-state index is 12.9. The van der Waals surface area contributed by atoms with Crippen LogP contribution in [0.1, 0.15) is 37.7 Å². The summed E-state index contributed by atoms with van der Waals surface area (Å²) in [6.45, 7) is 3.45. The van der Waals surface area contributed by atoms with Crippen molar-refractivity contribution in [2.75, 3.05) is 6.79 Å². The van der Waals surface area contributed by atoms with Gasteiger partial charge in [0.15, 0.2) is 23.0 Å². The van der Waals surface area contributed by atoms with Crippen LogP contribution in [0.15, 0.2) is 18.2 Å². The van der Waals surface area contributed by atoms with Crippen LogP contribution in [0.2, 0.25) is 0 Å². The number of carbonyl (C=O) groups is 2. The Morgan fingerprint density at radius 1 is 0.931 bits per heavy atom. The summed E-state index contributed by atoms with van der Waals surface area (Å²) in [4.78, 5) is 35.3. The zero-order chi connectivity index (χ0) is 20.4. The number of carbonyl (C=O) groups excluding carboxylic acids is 2. The number of rotatable bonds is 2. The lowest BCUT2D eigenvalue weighted by molar-refractivity contribution is 0.0641. The van der Waals surface area contributed by atoms with E-state index >= 15 is 0 Å². The van der Waals surface area contributed by atoms with E-state index in [1.807, 2.05) is 0 Å². The second-order valence-corrected chi connectivity index (χ2v) is 6.92. The third kappa shape index (κ3) is 2.33. The molecule has 2 aliphatic heterocycles. The van der Waals surface area contributed by atoms with Gasteiger partial charge in [-0.25, -0.2) is 9.97 Å². The normalized spacial score (nSPS) is 14.8. The van der Waals surface area contributed by atoms with Gasteiger partial charge in [0, 0.05) is 0 Å². The van der Waals surface area contributed by atoms with Crippen LogP contribution in [-0.4, -0.2) is 43.7 Å². The Hall–Kier alpha value is -3.88. The average molecular weight is 393 g/mol. The van der Waals surface area contributed by atoms with E-state index in [-0.39, 0.29) is 35.5 Å². The Morgan fingerprint density at radius 3 is 2.07 bits per heavy atom. The van der Waals surface area contributed by atoms with Crippen molar-refractivity contribution in [3.63, 3.8) is 0 Å². The Bertz CT molecular complexity index is 1190. The summed E-state index contributed by atoms with van der Waals surface area (Å²) < 4.78 is 10.6. The molecule has 0 fully saturated rings. The third-order valence-electron chi connectivity index (χ3n) is 5.17. The van der Waals surface area contributed by atoms with Gasteiger partial charge in [0.2, 0.25) is 6.79 Å². The van der Waals surface area contributed by atoms with Crippen molar-refractivity contribution in [3.05, 3.63) is 46.3 Å². The van der Waals surface area contributed by atoms with Gasteiger partial charge in [-0.3, -0.25) is 14.5 Å². The van der Waals surface area contributed by atoms with Crippen molar-refractivity contribution in [1.82, 2.24) is 14.9 Å². The quantitative estimate of drug-likeness (QED) is 0.502. The highest BCUT2D eigenvalue weighted by Gasteiger charge is 2.42. The molecule has 0 aliphatic carbocycles. The number of fused-ring (bicyclic) bond motifs is 3. The molecule has 0 spiro atoms. The number of aromatic nitrogens is 2. The fourth-order valence-electron chi connectivity index (χ4n) is 3.55. The van der Waals surface area contributed by atoms with Gasteiger partial charge in [-0.1, -0.05) is 6.07 Å². The molecule has 0 saturated heterocycles. The number of nitrogens with zero attached hydrogens (tertiary/aromatic N) is 3. The van der Waals surface area contributed by atoms with Gasteiger partial charge in [0.25, 0.3) is 11.8 Å². The topological polar surface area (TPSA) is 122 Å². The zero-order valence-corrected chi connectivity index (χ0v) is 15.5. The Labute approximate surface area is 164 Å². The molecule has 2 aliphatic rings. The molecular formula is C20H15N3O6. The van der Waals surface area contributed by atoms with E-state index in [1.165, 1.54) is 0 Å². The maximum absolute atomic E-state index is 12.9. The van der Waals surface area contributed by atoms with Crippen LogP contribution in [0.3, 0.4) is 0 Å². The standard InChI is InChI=1S/C20H15N3O6/c1-8-9(2)22-16-15(21-8)17(24)13-14(18(16)25)20(27)23(19(13)26)6-10-3-4-11-12(5-10)29-7-28-11/h3-5,24-25H,6-7H2,1-2H3. The first kappa shape index (κ1) is 17.2. The van der Waals surface area contributed by atoms with Gasteiger partial charge in [-0.2, -0.15) is 0 Å². The first-order valence-corrected chi connectivity index (χ1v) is 8.84. The molecule has 0 radical (unpaired) electrons. The Kier molecular flexibility index (Phi) is 3.45. The molecule has 2 amide bonds. The number of ether oxygens (including phenoxy) is 2. The van der Waals surface area contributed by atoms with Crippen molar-refractivity contribution < 1.29 is 29.3 Å². The summed E-state index contributed by atoms with van der Waals surface area (Å²) in [6, 6.07) is 5.08. The molecule has 5 rings (SSSR count). The minimum Gasteiger partial charge on any atom is -0.505 e. The van der Waals surface area contributed by atoms with Crippen molar-refractivity contribution in [1.29, 1.82) is 0 Å². The number of aromatic hydroxyl groups is 2. The van der Waals surface area contributed by atoms with E-state index in [9.17, 15) is 19.8 Å². The van der Waals surface area contributed by atoms with Gasteiger partial charge in [-0.15, -0.1) is 0 Å². The summed E-state index contributed by atoms with van der Waals surface area (Å²) in [5.74, 6) is -1.24. The summed E-state index contributed by atoms with van der Waals surface area (Å²) in [5, 5.41) is 21.3. The molecule has 3 aromatic rings. The van der Waals surface area contributed by atoms with Crippen LogP contribution in [0.4, 0.5) is 0 Å². The molecule has 0 saturated carbocycles. The number of phenols is 2. The smallest absolute Gasteiger partial charge is 0.265 e. The fourth-order valence-corrected chi connectivity index (χ4v) is 3.55. The SMILES string of the molecule is Cc1nc2c(O)c3c(c(O)c2nc1C)C(=O)N(Cc1ccc2c(c1)OCO2)C3=O. The molecule has 3 heterocycles. The first-order chi connectivity index (χ1) is 13.9. The van der Waals surface area contributed by atoms with E-state index in [0.717, 1.165) is 4.90 Å². The van der Waals surface area contributed by atoms with Crippen LogP contribution in [-0.2, 0) is 6.54 Å². The predicted molar refractivity (Wildman–Crippen MR) is 99.1 cm³/mol. The highest BCUT2D eigenvalue weighted by Crippen LogP contribution is 2.43. The largest absolute Gasteiger partial charge is 0.505 e. The van der Waals surface area contributed by atoms with Crippen LogP contribution in [0.25, 0.3) is 11.0 Å². The molecule has 0 unspecified atom stereocenters. The average Bonchev–Trinajstić information content (AvgIpc) is 3.25. The molecule has 9 heteroatoms. The van der Waals surface area contributed by atoms with Gasteiger partial charge < -0.3 is 19.7 Å². The molecule has 146 valence electrons. The number of amides is 2. The lowest BCUT2D eigenvalue weighted by atomic mass is 10.0. The minimum atomic E-state index is -0.711. The Morgan fingerprint density at radius 2 is 1.48 bits per heavy atom. The number of phenolic OH excluding ortho intramolecular Hbond substituents is 2. The highest BCUT2D eigenvalue weighted by molar-refractivity contribution is 6.26. The zero-order valence-electron chi connectivity index (χ0n) is 15.5. The lowest BCUT2D eigenvalue weighted by Crippen LogP contribution is -2.29. The highest BCUT2D eigenvalue weighted by atomic mass is 16.7.